The molecule has 0 bridgehead atoms. The largest absolute Gasteiger partial charge is 0.143 e. The normalized spacial score (nSPS) is 13.8. The van der Waals surface area contributed by atoms with E-state index in [9.17, 15) is 0 Å². The first-order chi connectivity index (χ1) is 16.6. The molecule has 4 heterocycles. The Kier molecular flexibility index (Phi) is 7.60. The van der Waals surface area contributed by atoms with Gasteiger partial charge < -0.3 is 0 Å². The molecular weight excluding hydrogens is 489 g/mol. The fourth-order valence-corrected chi connectivity index (χ4v) is 9.34. The lowest BCUT2D eigenvalue weighted by atomic mass is 10.00. The number of thiophene rings is 4. The molecule has 0 N–H and O–H groups in total. The molecule has 0 spiro atoms. The van der Waals surface area contributed by atoms with E-state index in [1.54, 1.807) is 0 Å². The van der Waals surface area contributed by atoms with Gasteiger partial charge in [0.25, 0.3) is 0 Å². The second kappa shape index (κ2) is 10.7. The Morgan fingerprint density at radius 1 is 0.618 bits per heavy atom. The maximum Gasteiger partial charge on any atom is 0.0442 e. The average molecular weight is 523 g/mol. The molecule has 0 radical (unpaired) electrons. The molecule has 5 rings (SSSR count). The lowest BCUT2D eigenvalue weighted by molar-refractivity contribution is 0.632. The lowest BCUT2D eigenvalue weighted by Crippen LogP contribution is -1.89. The Hall–Kier alpha value is -1.46. The summed E-state index contributed by atoms with van der Waals surface area (Å²) < 4.78 is 2.90. The van der Waals surface area contributed by atoms with E-state index in [0.717, 1.165) is 0 Å². The molecule has 0 fully saturated rings. The minimum absolute atomic E-state index is 0.647. The van der Waals surface area contributed by atoms with E-state index in [-0.39, 0.29) is 0 Å². The SMILES string of the molecule is CCCCC(C)c1ccc(-c2c3ccsc3c(-c3ccc(C(C)CCCC)s3)c3ccsc23)s1. The fourth-order valence-electron chi connectivity index (χ4n) is 4.94. The van der Waals surface area contributed by atoms with Gasteiger partial charge >= 0.3 is 0 Å². The molecule has 0 aliphatic heterocycles. The molecule has 2 atom stereocenters. The highest BCUT2D eigenvalue weighted by Crippen LogP contribution is 2.50. The van der Waals surface area contributed by atoms with Gasteiger partial charge in [0.1, 0.15) is 0 Å². The number of fused-ring (bicyclic) bond motifs is 2. The number of unbranched alkanes of at least 4 members (excludes halogenated alkanes) is 2. The second-order valence-corrected chi connectivity index (χ2v) is 13.6. The molecule has 0 nitrogen and oxygen atoms in total. The van der Waals surface area contributed by atoms with Crippen LogP contribution in [-0.4, -0.2) is 0 Å². The van der Waals surface area contributed by atoms with Crippen LogP contribution in [0.2, 0.25) is 0 Å². The Labute approximate surface area is 220 Å². The van der Waals surface area contributed by atoms with Crippen molar-refractivity contribution >= 4 is 65.5 Å². The maximum absolute atomic E-state index is 2.39. The van der Waals surface area contributed by atoms with E-state index in [4.69, 9.17) is 0 Å². The summed E-state index contributed by atoms with van der Waals surface area (Å²) in [6.45, 7) is 9.37. The van der Waals surface area contributed by atoms with Crippen LogP contribution in [0, 0.1) is 0 Å². The van der Waals surface area contributed by atoms with Crippen LogP contribution in [0.3, 0.4) is 0 Å². The Bertz CT molecular complexity index is 1220. The topological polar surface area (TPSA) is 0 Å². The predicted molar refractivity (Wildman–Crippen MR) is 160 cm³/mol. The van der Waals surface area contributed by atoms with Gasteiger partial charge in [-0.25, -0.2) is 0 Å². The smallest absolute Gasteiger partial charge is 0.0442 e. The molecular formula is C30H34S4. The minimum atomic E-state index is 0.647. The summed E-state index contributed by atoms with van der Waals surface area (Å²) in [5, 5.41) is 7.44. The first kappa shape index (κ1) is 24.2. The zero-order chi connectivity index (χ0) is 23.7. The highest BCUT2D eigenvalue weighted by atomic mass is 32.1. The van der Waals surface area contributed by atoms with Crippen LogP contribution in [0.15, 0.2) is 47.2 Å². The highest BCUT2D eigenvalue weighted by molar-refractivity contribution is 7.22. The first-order valence-electron chi connectivity index (χ1n) is 12.7. The molecule has 0 aliphatic rings. The van der Waals surface area contributed by atoms with Gasteiger partial charge in [-0.05, 0) is 71.8 Å². The molecule has 4 aromatic heterocycles. The molecule has 178 valence electrons. The van der Waals surface area contributed by atoms with Gasteiger partial charge in [-0.3, -0.25) is 0 Å². The van der Waals surface area contributed by atoms with E-state index < -0.39 is 0 Å². The summed E-state index contributed by atoms with van der Waals surface area (Å²) in [5.41, 5.74) is 2.91. The van der Waals surface area contributed by atoms with Crippen molar-refractivity contribution in [2.45, 2.75) is 78.1 Å². The molecule has 4 heteroatoms. The van der Waals surface area contributed by atoms with Crippen molar-refractivity contribution in [3.05, 3.63) is 56.9 Å². The number of benzene rings is 1. The predicted octanol–water partition coefficient (Wildman–Crippen LogP) is 12.2. The van der Waals surface area contributed by atoms with Crippen LogP contribution in [0.4, 0.5) is 0 Å². The number of hydrogen-bond donors (Lipinski definition) is 0. The van der Waals surface area contributed by atoms with E-state index in [2.05, 4.69) is 74.9 Å². The lowest BCUT2D eigenvalue weighted by Gasteiger charge is -2.11. The Morgan fingerprint density at radius 2 is 1.06 bits per heavy atom. The van der Waals surface area contributed by atoms with Crippen LogP contribution < -0.4 is 0 Å². The summed E-state index contributed by atoms with van der Waals surface area (Å²) in [4.78, 5) is 5.93. The standard InChI is InChI=1S/C30H34S4/c1-5-7-9-19(3)23-11-13-25(33-23)27-21-15-17-32-30(21)28(22-16-18-31-29(22)27)26-14-12-24(34-26)20(4)10-8-6-2/h11-20H,5-10H2,1-4H3. The maximum atomic E-state index is 2.39. The van der Waals surface area contributed by atoms with Crippen LogP contribution in [0.1, 0.15) is 87.8 Å². The quantitative estimate of drug-likeness (QED) is 0.171. The summed E-state index contributed by atoms with van der Waals surface area (Å²) in [5.74, 6) is 1.29. The van der Waals surface area contributed by atoms with E-state index in [0.29, 0.717) is 11.8 Å². The van der Waals surface area contributed by atoms with E-state index in [1.165, 1.54) is 89.3 Å². The molecule has 5 aromatic rings. The molecule has 0 amide bonds. The van der Waals surface area contributed by atoms with Crippen molar-refractivity contribution in [2.24, 2.45) is 0 Å². The van der Waals surface area contributed by atoms with Crippen LogP contribution in [0.25, 0.3) is 41.1 Å². The van der Waals surface area contributed by atoms with Gasteiger partial charge in [0.15, 0.2) is 0 Å². The Balaban J connectivity index is 1.60. The zero-order valence-electron chi connectivity index (χ0n) is 20.6. The van der Waals surface area contributed by atoms with Crippen molar-refractivity contribution in [1.82, 2.24) is 0 Å². The minimum Gasteiger partial charge on any atom is -0.143 e. The monoisotopic (exact) mass is 522 g/mol. The molecule has 0 saturated carbocycles. The molecule has 1 aromatic carbocycles. The van der Waals surface area contributed by atoms with Gasteiger partial charge in [-0.1, -0.05) is 53.4 Å². The molecule has 34 heavy (non-hydrogen) atoms. The van der Waals surface area contributed by atoms with Gasteiger partial charge in [0.2, 0.25) is 0 Å². The third-order valence-electron chi connectivity index (χ3n) is 7.02. The number of rotatable bonds is 10. The van der Waals surface area contributed by atoms with Crippen LogP contribution in [-0.2, 0) is 0 Å². The molecule has 0 saturated heterocycles. The van der Waals surface area contributed by atoms with Gasteiger partial charge in [0.05, 0.1) is 0 Å². The summed E-state index contributed by atoms with van der Waals surface area (Å²) in [6.07, 6.45) is 7.75. The fraction of sp³-hybridized carbons (Fsp3) is 0.400. The third-order valence-corrected chi connectivity index (χ3v) is 11.6. The van der Waals surface area contributed by atoms with Crippen LogP contribution in [0.5, 0.6) is 0 Å². The highest BCUT2D eigenvalue weighted by Gasteiger charge is 2.21. The van der Waals surface area contributed by atoms with Crippen LogP contribution >= 0.6 is 45.3 Å². The first-order valence-corrected chi connectivity index (χ1v) is 16.1. The van der Waals surface area contributed by atoms with Gasteiger partial charge in [0, 0.05) is 50.8 Å². The van der Waals surface area contributed by atoms with E-state index in [1.807, 2.05) is 45.3 Å². The third kappa shape index (κ3) is 4.55. The van der Waals surface area contributed by atoms with Crippen molar-refractivity contribution < 1.29 is 0 Å². The van der Waals surface area contributed by atoms with E-state index >= 15 is 0 Å². The Morgan fingerprint density at radius 3 is 1.47 bits per heavy atom. The average Bonchev–Trinajstić information content (AvgIpc) is 3.65. The van der Waals surface area contributed by atoms with Crippen molar-refractivity contribution in [2.75, 3.05) is 0 Å². The summed E-state index contributed by atoms with van der Waals surface area (Å²) in [6, 6.07) is 14.2. The van der Waals surface area contributed by atoms with Gasteiger partial charge in [-0.2, -0.15) is 0 Å². The zero-order valence-corrected chi connectivity index (χ0v) is 23.9. The van der Waals surface area contributed by atoms with Crippen molar-refractivity contribution in [3.63, 3.8) is 0 Å². The second-order valence-electron chi connectivity index (χ2n) is 9.57. The molecule has 0 aliphatic carbocycles. The van der Waals surface area contributed by atoms with Crippen molar-refractivity contribution in [1.29, 1.82) is 0 Å². The summed E-state index contributed by atoms with van der Waals surface area (Å²) >= 11 is 7.84. The number of hydrogen-bond acceptors (Lipinski definition) is 4. The van der Waals surface area contributed by atoms with Crippen molar-refractivity contribution in [3.8, 4) is 20.9 Å². The van der Waals surface area contributed by atoms with Gasteiger partial charge in [-0.15, -0.1) is 45.3 Å². The molecule has 2 unspecified atom stereocenters. The summed E-state index contributed by atoms with van der Waals surface area (Å²) in [7, 11) is 0.